The zero-order chi connectivity index (χ0) is 21.4. The summed E-state index contributed by atoms with van der Waals surface area (Å²) in [6.45, 7) is 1.18. The molecule has 0 aliphatic rings. The number of carbonyl (C=O) groups excluding carboxylic acids is 2. The fourth-order valence-electron chi connectivity index (χ4n) is 2.45. The van der Waals surface area contributed by atoms with Crippen LogP contribution in [-0.2, 0) is 14.3 Å². The second-order valence-electron chi connectivity index (χ2n) is 5.93. The first-order chi connectivity index (χ1) is 13.9. The number of carbonyl (C=O) groups is 2. The molecule has 0 spiro atoms. The van der Waals surface area contributed by atoms with Gasteiger partial charge in [-0.2, -0.15) is 0 Å². The highest BCUT2D eigenvalue weighted by atomic mass is 19.1. The predicted molar refractivity (Wildman–Crippen MR) is 106 cm³/mol. The van der Waals surface area contributed by atoms with Crippen molar-refractivity contribution in [3.8, 4) is 17.2 Å². The van der Waals surface area contributed by atoms with E-state index in [0.29, 0.717) is 22.8 Å². The van der Waals surface area contributed by atoms with Gasteiger partial charge in [-0.25, -0.2) is 9.18 Å². The van der Waals surface area contributed by atoms with E-state index in [0.717, 1.165) is 11.6 Å². The van der Waals surface area contributed by atoms with Crippen LogP contribution in [0.15, 0.2) is 36.4 Å². The highest BCUT2D eigenvalue weighted by Gasteiger charge is 2.13. The highest BCUT2D eigenvalue weighted by molar-refractivity contribution is 5.94. The van der Waals surface area contributed by atoms with Crippen LogP contribution in [0.2, 0.25) is 0 Å². The second-order valence-corrected chi connectivity index (χ2v) is 5.93. The van der Waals surface area contributed by atoms with Gasteiger partial charge in [0, 0.05) is 6.08 Å². The number of aryl methyl sites for hydroxylation is 1. The standard InChI is InChI=1S/C21H22FNO6/c1-13-5-7-16(15(22)9-13)23-19(24)12-29-20(25)8-6-14-10-17(26-2)21(28-4)18(11-14)27-3/h5-11H,12H2,1-4H3,(H,23,24)/b8-6+. The number of esters is 1. The fourth-order valence-corrected chi connectivity index (χ4v) is 2.45. The molecule has 1 N–H and O–H groups in total. The number of ether oxygens (including phenoxy) is 4. The first kappa shape index (κ1) is 21.7. The van der Waals surface area contributed by atoms with Gasteiger partial charge in [0.2, 0.25) is 5.75 Å². The molecule has 0 atom stereocenters. The SMILES string of the molecule is COc1cc(/C=C/C(=O)OCC(=O)Nc2ccc(C)cc2F)cc(OC)c1OC. The van der Waals surface area contributed by atoms with Crippen molar-refractivity contribution in [2.75, 3.05) is 33.3 Å². The minimum atomic E-state index is -0.738. The lowest BCUT2D eigenvalue weighted by atomic mass is 10.1. The van der Waals surface area contributed by atoms with Crippen LogP contribution in [0.4, 0.5) is 10.1 Å². The number of amides is 1. The van der Waals surface area contributed by atoms with Crippen LogP contribution in [0.25, 0.3) is 6.08 Å². The zero-order valence-electron chi connectivity index (χ0n) is 16.6. The van der Waals surface area contributed by atoms with E-state index < -0.39 is 24.3 Å². The lowest BCUT2D eigenvalue weighted by Gasteiger charge is -2.12. The maximum atomic E-state index is 13.7. The van der Waals surface area contributed by atoms with E-state index in [1.54, 1.807) is 25.1 Å². The molecule has 0 fully saturated rings. The average Bonchev–Trinajstić information content (AvgIpc) is 2.71. The third kappa shape index (κ3) is 5.97. The predicted octanol–water partition coefficient (Wildman–Crippen LogP) is 3.36. The van der Waals surface area contributed by atoms with Crippen LogP contribution in [0.1, 0.15) is 11.1 Å². The summed E-state index contributed by atoms with van der Waals surface area (Å²) in [6, 6.07) is 7.69. The second kappa shape index (κ2) is 10.1. The van der Waals surface area contributed by atoms with Gasteiger partial charge in [-0.3, -0.25) is 4.79 Å². The molecule has 0 aliphatic heterocycles. The molecule has 0 aliphatic carbocycles. The average molecular weight is 403 g/mol. The number of hydrogen-bond donors (Lipinski definition) is 1. The molecule has 154 valence electrons. The van der Waals surface area contributed by atoms with Gasteiger partial charge in [0.1, 0.15) is 5.82 Å². The monoisotopic (exact) mass is 403 g/mol. The lowest BCUT2D eigenvalue weighted by molar-refractivity contribution is -0.142. The molecule has 2 rings (SSSR count). The molecule has 0 saturated heterocycles. The molecular formula is C21H22FNO6. The summed E-state index contributed by atoms with van der Waals surface area (Å²) in [5.74, 6) is -0.666. The number of hydrogen-bond acceptors (Lipinski definition) is 6. The first-order valence-corrected chi connectivity index (χ1v) is 8.58. The Morgan fingerprint density at radius 1 is 1.03 bits per heavy atom. The molecule has 0 radical (unpaired) electrons. The third-order valence-electron chi connectivity index (χ3n) is 3.84. The Morgan fingerprint density at radius 3 is 2.24 bits per heavy atom. The minimum absolute atomic E-state index is 0.0182. The number of methoxy groups -OCH3 is 3. The summed E-state index contributed by atoms with van der Waals surface area (Å²) >= 11 is 0. The number of nitrogens with one attached hydrogen (secondary N) is 1. The Kier molecular flexibility index (Phi) is 7.59. The molecule has 2 aromatic carbocycles. The summed E-state index contributed by atoms with van der Waals surface area (Å²) in [5, 5.41) is 2.35. The number of benzene rings is 2. The molecular weight excluding hydrogens is 381 g/mol. The third-order valence-corrected chi connectivity index (χ3v) is 3.84. The van der Waals surface area contributed by atoms with Crippen LogP contribution in [-0.4, -0.2) is 39.8 Å². The molecule has 7 nitrogen and oxygen atoms in total. The molecule has 0 heterocycles. The number of anilines is 1. The van der Waals surface area contributed by atoms with E-state index in [1.807, 2.05) is 0 Å². The Morgan fingerprint density at radius 2 is 1.69 bits per heavy atom. The largest absolute Gasteiger partial charge is 0.493 e. The molecule has 0 saturated carbocycles. The molecule has 0 aromatic heterocycles. The summed E-state index contributed by atoms with van der Waals surface area (Å²) in [6.07, 6.45) is 2.63. The Hall–Kier alpha value is -3.55. The molecule has 0 bridgehead atoms. The maximum Gasteiger partial charge on any atom is 0.331 e. The topological polar surface area (TPSA) is 83.1 Å². The Labute approximate surface area is 168 Å². The van der Waals surface area contributed by atoms with Crippen LogP contribution >= 0.6 is 0 Å². The Balaban J connectivity index is 1.96. The number of halogens is 1. The van der Waals surface area contributed by atoms with Gasteiger partial charge < -0.3 is 24.3 Å². The van der Waals surface area contributed by atoms with Crippen molar-refractivity contribution >= 4 is 23.6 Å². The summed E-state index contributed by atoms with van der Waals surface area (Å²) in [4.78, 5) is 23.7. The quantitative estimate of drug-likeness (QED) is 0.538. The molecule has 8 heteroatoms. The molecule has 2 aromatic rings. The highest BCUT2D eigenvalue weighted by Crippen LogP contribution is 2.38. The summed E-state index contributed by atoms with van der Waals surface area (Å²) in [5.41, 5.74) is 1.34. The van der Waals surface area contributed by atoms with E-state index in [1.165, 1.54) is 39.5 Å². The zero-order valence-corrected chi connectivity index (χ0v) is 16.6. The van der Waals surface area contributed by atoms with Gasteiger partial charge >= 0.3 is 5.97 Å². The van der Waals surface area contributed by atoms with Gasteiger partial charge in [-0.15, -0.1) is 0 Å². The van der Waals surface area contributed by atoms with Gasteiger partial charge in [-0.1, -0.05) is 6.07 Å². The van der Waals surface area contributed by atoms with Crippen LogP contribution in [0, 0.1) is 12.7 Å². The van der Waals surface area contributed by atoms with Crippen molar-refractivity contribution in [3.05, 3.63) is 53.4 Å². The van der Waals surface area contributed by atoms with Crippen LogP contribution < -0.4 is 19.5 Å². The molecule has 1 amide bonds. The van der Waals surface area contributed by atoms with E-state index in [2.05, 4.69) is 5.32 Å². The van der Waals surface area contributed by atoms with E-state index in [9.17, 15) is 14.0 Å². The fraction of sp³-hybridized carbons (Fsp3) is 0.238. The minimum Gasteiger partial charge on any atom is -0.493 e. The molecule has 29 heavy (non-hydrogen) atoms. The van der Waals surface area contributed by atoms with Crippen molar-refractivity contribution in [2.24, 2.45) is 0 Å². The van der Waals surface area contributed by atoms with Crippen molar-refractivity contribution < 1.29 is 32.9 Å². The van der Waals surface area contributed by atoms with Crippen LogP contribution in [0.5, 0.6) is 17.2 Å². The van der Waals surface area contributed by atoms with Crippen LogP contribution in [0.3, 0.4) is 0 Å². The van der Waals surface area contributed by atoms with Gasteiger partial charge in [0.15, 0.2) is 18.1 Å². The van der Waals surface area contributed by atoms with E-state index in [4.69, 9.17) is 18.9 Å². The van der Waals surface area contributed by atoms with Gasteiger partial charge in [-0.05, 0) is 48.4 Å². The van der Waals surface area contributed by atoms with Gasteiger partial charge in [0.25, 0.3) is 5.91 Å². The summed E-state index contributed by atoms with van der Waals surface area (Å²) < 4.78 is 34.3. The van der Waals surface area contributed by atoms with E-state index >= 15 is 0 Å². The van der Waals surface area contributed by atoms with Gasteiger partial charge in [0.05, 0.1) is 27.0 Å². The van der Waals surface area contributed by atoms with Crippen molar-refractivity contribution in [2.45, 2.75) is 6.92 Å². The van der Waals surface area contributed by atoms with Crippen molar-refractivity contribution in [3.63, 3.8) is 0 Å². The summed E-state index contributed by atoms with van der Waals surface area (Å²) in [7, 11) is 4.45. The van der Waals surface area contributed by atoms with E-state index in [-0.39, 0.29) is 5.69 Å². The normalized spacial score (nSPS) is 10.5. The van der Waals surface area contributed by atoms with Crippen molar-refractivity contribution in [1.82, 2.24) is 0 Å². The molecule has 0 unspecified atom stereocenters. The lowest BCUT2D eigenvalue weighted by Crippen LogP contribution is -2.20. The maximum absolute atomic E-state index is 13.7. The van der Waals surface area contributed by atoms with Crippen molar-refractivity contribution in [1.29, 1.82) is 0 Å². The number of rotatable bonds is 8. The smallest absolute Gasteiger partial charge is 0.331 e. The Bertz CT molecular complexity index is 900. The first-order valence-electron chi connectivity index (χ1n) is 8.58.